The van der Waals surface area contributed by atoms with E-state index >= 15 is 0 Å². The third-order valence-electron chi connectivity index (χ3n) is 7.53. The van der Waals surface area contributed by atoms with E-state index in [9.17, 15) is 0 Å². The van der Waals surface area contributed by atoms with Gasteiger partial charge in [0.1, 0.15) is 0 Å². The number of aromatic nitrogens is 2. The van der Waals surface area contributed by atoms with Gasteiger partial charge < -0.3 is 0 Å². The zero-order valence-electron chi connectivity index (χ0n) is 20.3. The Labute approximate surface area is 209 Å². The Morgan fingerprint density at radius 1 is 0.500 bits per heavy atom. The first kappa shape index (κ1) is 20.8. The summed E-state index contributed by atoms with van der Waals surface area (Å²) < 4.78 is 0. The van der Waals surface area contributed by atoms with Gasteiger partial charge in [0.15, 0.2) is 0 Å². The molecule has 0 N–H and O–H groups in total. The van der Waals surface area contributed by atoms with Crippen LogP contribution in [0.15, 0.2) is 109 Å². The number of hydrogen-bond acceptors (Lipinski definition) is 2. The summed E-state index contributed by atoms with van der Waals surface area (Å²) >= 11 is 0. The molecule has 0 spiro atoms. The molecule has 170 valence electrons. The Morgan fingerprint density at radius 3 is 2.11 bits per heavy atom. The highest BCUT2D eigenvalue weighted by Crippen LogP contribution is 2.34. The van der Waals surface area contributed by atoms with Crippen molar-refractivity contribution in [3.8, 4) is 22.4 Å². The maximum atomic E-state index is 5.14. The van der Waals surface area contributed by atoms with Gasteiger partial charge in [0, 0.05) is 22.5 Å². The van der Waals surface area contributed by atoms with Gasteiger partial charge in [-0.1, -0.05) is 78.9 Å². The normalized spacial score (nSPS) is 11.6. The standard InChI is InChI=1S/C34H24N2/c1-21-22(2)29-16-17-32(36-34(29)33-28(21)11-6-18-35-33)26-15-13-23-12-14-25(19-27(23)20-26)31-10-5-8-24-7-3-4-9-30(24)31/h3-20H,1-2H3. The zero-order chi connectivity index (χ0) is 24.2. The van der Waals surface area contributed by atoms with E-state index in [1.54, 1.807) is 0 Å². The molecule has 0 fully saturated rings. The van der Waals surface area contributed by atoms with Gasteiger partial charge in [-0.15, -0.1) is 0 Å². The average Bonchev–Trinajstić information content (AvgIpc) is 2.94. The lowest BCUT2D eigenvalue weighted by Crippen LogP contribution is -1.94. The summed E-state index contributed by atoms with van der Waals surface area (Å²) in [5.41, 5.74) is 9.04. The van der Waals surface area contributed by atoms with Crippen LogP contribution in [-0.4, -0.2) is 9.97 Å². The number of benzene rings is 5. The predicted octanol–water partition coefficient (Wildman–Crippen LogP) is 9.04. The van der Waals surface area contributed by atoms with Crippen molar-refractivity contribution in [3.05, 3.63) is 120 Å². The van der Waals surface area contributed by atoms with Gasteiger partial charge in [0.2, 0.25) is 0 Å². The Kier molecular flexibility index (Phi) is 4.62. The second kappa shape index (κ2) is 8.00. The Bertz CT molecular complexity index is 1960. The Hall–Kier alpha value is -4.56. The highest BCUT2D eigenvalue weighted by molar-refractivity contribution is 6.07. The number of hydrogen-bond donors (Lipinski definition) is 0. The van der Waals surface area contributed by atoms with Crippen LogP contribution in [0, 0.1) is 13.8 Å². The van der Waals surface area contributed by atoms with Crippen LogP contribution in [0.3, 0.4) is 0 Å². The number of aryl methyl sites for hydroxylation is 2. The van der Waals surface area contributed by atoms with Gasteiger partial charge in [-0.25, -0.2) is 4.98 Å². The van der Waals surface area contributed by atoms with E-state index in [-0.39, 0.29) is 0 Å². The molecule has 0 unspecified atom stereocenters. The minimum atomic E-state index is 0.968. The van der Waals surface area contributed by atoms with E-state index in [1.807, 2.05) is 12.3 Å². The molecular formula is C34H24N2. The molecular weight excluding hydrogens is 436 g/mol. The van der Waals surface area contributed by atoms with Crippen LogP contribution >= 0.6 is 0 Å². The van der Waals surface area contributed by atoms with Gasteiger partial charge >= 0.3 is 0 Å². The van der Waals surface area contributed by atoms with Crippen molar-refractivity contribution in [1.29, 1.82) is 0 Å². The number of pyridine rings is 2. The first-order valence-corrected chi connectivity index (χ1v) is 12.3. The lowest BCUT2D eigenvalue weighted by Gasteiger charge is -2.12. The molecule has 2 heteroatoms. The fraction of sp³-hybridized carbons (Fsp3) is 0.0588. The second-order valence-electron chi connectivity index (χ2n) is 9.55. The predicted molar refractivity (Wildman–Crippen MR) is 152 cm³/mol. The van der Waals surface area contributed by atoms with Crippen molar-refractivity contribution in [3.63, 3.8) is 0 Å². The first-order chi connectivity index (χ1) is 17.7. The van der Waals surface area contributed by atoms with Crippen LogP contribution < -0.4 is 0 Å². The minimum Gasteiger partial charge on any atom is -0.254 e. The van der Waals surface area contributed by atoms with Crippen molar-refractivity contribution < 1.29 is 0 Å². The molecule has 0 saturated heterocycles. The highest BCUT2D eigenvalue weighted by Gasteiger charge is 2.12. The molecule has 0 aliphatic heterocycles. The Morgan fingerprint density at radius 2 is 1.22 bits per heavy atom. The van der Waals surface area contributed by atoms with Crippen molar-refractivity contribution in [2.75, 3.05) is 0 Å². The van der Waals surface area contributed by atoms with Crippen molar-refractivity contribution in [2.45, 2.75) is 13.8 Å². The van der Waals surface area contributed by atoms with Crippen LogP contribution in [0.5, 0.6) is 0 Å². The molecule has 0 bridgehead atoms. The molecule has 0 amide bonds. The lowest BCUT2D eigenvalue weighted by molar-refractivity contribution is 1.33. The summed E-state index contributed by atoms with van der Waals surface area (Å²) in [6.07, 6.45) is 1.86. The summed E-state index contributed by atoms with van der Waals surface area (Å²) in [7, 11) is 0. The summed E-state index contributed by atoms with van der Waals surface area (Å²) in [6, 6.07) is 36.9. The summed E-state index contributed by atoms with van der Waals surface area (Å²) in [6.45, 7) is 4.35. The molecule has 0 aliphatic carbocycles. The van der Waals surface area contributed by atoms with Crippen molar-refractivity contribution in [2.24, 2.45) is 0 Å². The molecule has 2 heterocycles. The third kappa shape index (κ3) is 3.19. The van der Waals surface area contributed by atoms with Crippen LogP contribution in [0.4, 0.5) is 0 Å². The molecule has 5 aromatic carbocycles. The molecule has 0 saturated carbocycles. The summed E-state index contributed by atoms with van der Waals surface area (Å²) in [5.74, 6) is 0. The molecule has 7 aromatic rings. The average molecular weight is 461 g/mol. The first-order valence-electron chi connectivity index (χ1n) is 12.3. The van der Waals surface area contributed by atoms with Gasteiger partial charge in [0.25, 0.3) is 0 Å². The number of fused-ring (bicyclic) bond motifs is 5. The van der Waals surface area contributed by atoms with Gasteiger partial charge in [0.05, 0.1) is 16.7 Å². The minimum absolute atomic E-state index is 0.968. The number of nitrogens with zero attached hydrogens (tertiary/aromatic N) is 2. The van der Waals surface area contributed by atoms with E-state index in [2.05, 4.69) is 111 Å². The van der Waals surface area contributed by atoms with Crippen LogP contribution in [0.1, 0.15) is 11.1 Å². The fourth-order valence-corrected chi connectivity index (χ4v) is 5.45. The summed E-state index contributed by atoms with van der Waals surface area (Å²) in [5, 5.41) is 7.31. The van der Waals surface area contributed by atoms with Gasteiger partial charge in [-0.05, 0) is 81.9 Å². The molecule has 7 rings (SSSR count). The van der Waals surface area contributed by atoms with Crippen LogP contribution in [-0.2, 0) is 0 Å². The van der Waals surface area contributed by atoms with E-state index in [4.69, 9.17) is 9.97 Å². The fourth-order valence-electron chi connectivity index (χ4n) is 5.45. The number of rotatable bonds is 2. The van der Waals surface area contributed by atoms with Crippen molar-refractivity contribution >= 4 is 43.4 Å². The molecule has 0 aliphatic rings. The molecule has 0 radical (unpaired) electrons. The second-order valence-corrected chi connectivity index (χ2v) is 9.55. The van der Waals surface area contributed by atoms with Gasteiger partial charge in [-0.2, -0.15) is 0 Å². The summed E-state index contributed by atoms with van der Waals surface area (Å²) in [4.78, 5) is 9.84. The topological polar surface area (TPSA) is 25.8 Å². The van der Waals surface area contributed by atoms with Crippen LogP contribution in [0.2, 0.25) is 0 Å². The van der Waals surface area contributed by atoms with Crippen molar-refractivity contribution in [1.82, 2.24) is 9.97 Å². The quantitative estimate of drug-likeness (QED) is 0.241. The zero-order valence-corrected chi connectivity index (χ0v) is 20.3. The van der Waals surface area contributed by atoms with E-state index in [1.165, 1.54) is 54.6 Å². The third-order valence-corrected chi connectivity index (χ3v) is 7.53. The maximum Gasteiger partial charge on any atom is 0.0974 e. The maximum absolute atomic E-state index is 5.14. The van der Waals surface area contributed by atoms with E-state index < -0.39 is 0 Å². The lowest BCUT2D eigenvalue weighted by atomic mass is 9.95. The van der Waals surface area contributed by atoms with Gasteiger partial charge in [-0.3, -0.25) is 4.98 Å². The highest BCUT2D eigenvalue weighted by atomic mass is 14.8. The molecule has 36 heavy (non-hydrogen) atoms. The molecule has 2 nitrogen and oxygen atoms in total. The monoisotopic (exact) mass is 460 g/mol. The van der Waals surface area contributed by atoms with E-state index in [0.29, 0.717) is 0 Å². The smallest absolute Gasteiger partial charge is 0.0974 e. The molecule has 0 atom stereocenters. The molecule has 2 aromatic heterocycles. The Balaban J connectivity index is 1.40. The van der Waals surface area contributed by atoms with E-state index in [0.717, 1.165) is 22.3 Å². The largest absolute Gasteiger partial charge is 0.254 e. The SMILES string of the molecule is Cc1c(C)c2ccc(-c3ccc4ccc(-c5cccc6ccccc56)cc4c3)nc2c2ncccc12. The van der Waals surface area contributed by atoms with Crippen LogP contribution in [0.25, 0.3) is 65.7 Å².